The SMILES string of the molecule is CCN1CCC(Cc2ncc(C=O)s2)C1. The van der Waals surface area contributed by atoms with E-state index < -0.39 is 0 Å². The largest absolute Gasteiger partial charge is 0.303 e. The second-order valence-corrected chi connectivity index (χ2v) is 5.17. The third kappa shape index (κ3) is 2.63. The standard InChI is InChI=1S/C11H16N2OS/c1-2-13-4-3-9(7-13)5-11-12-6-10(8-14)15-11/h6,8-9H,2-5,7H2,1H3. The molecule has 1 aliphatic rings. The molecular weight excluding hydrogens is 208 g/mol. The van der Waals surface area contributed by atoms with Gasteiger partial charge in [0.15, 0.2) is 6.29 Å². The number of nitrogens with zero attached hydrogens (tertiary/aromatic N) is 2. The van der Waals surface area contributed by atoms with Gasteiger partial charge >= 0.3 is 0 Å². The van der Waals surface area contributed by atoms with E-state index in [0.717, 1.165) is 35.1 Å². The summed E-state index contributed by atoms with van der Waals surface area (Å²) in [6.07, 6.45) is 4.87. The van der Waals surface area contributed by atoms with Gasteiger partial charge < -0.3 is 4.90 Å². The highest BCUT2D eigenvalue weighted by Crippen LogP contribution is 2.22. The fourth-order valence-corrected chi connectivity index (χ4v) is 2.94. The summed E-state index contributed by atoms with van der Waals surface area (Å²) in [5.74, 6) is 0.732. The maximum Gasteiger partial charge on any atom is 0.161 e. The van der Waals surface area contributed by atoms with Crippen LogP contribution in [0, 0.1) is 5.92 Å². The minimum Gasteiger partial charge on any atom is -0.303 e. The first-order valence-electron chi connectivity index (χ1n) is 5.44. The second kappa shape index (κ2) is 4.86. The van der Waals surface area contributed by atoms with Gasteiger partial charge in [-0.3, -0.25) is 4.79 Å². The number of aldehydes is 1. The van der Waals surface area contributed by atoms with E-state index in [1.807, 2.05) is 0 Å². The monoisotopic (exact) mass is 224 g/mol. The third-order valence-electron chi connectivity index (χ3n) is 2.97. The molecule has 0 amide bonds. The Morgan fingerprint density at radius 1 is 1.73 bits per heavy atom. The summed E-state index contributed by atoms with van der Waals surface area (Å²) >= 11 is 1.53. The van der Waals surface area contributed by atoms with Crippen molar-refractivity contribution in [3.05, 3.63) is 16.1 Å². The van der Waals surface area contributed by atoms with Gasteiger partial charge in [-0.05, 0) is 25.4 Å². The van der Waals surface area contributed by atoms with Crippen LogP contribution in [-0.4, -0.2) is 35.8 Å². The maximum atomic E-state index is 10.5. The molecule has 3 nitrogen and oxygen atoms in total. The fraction of sp³-hybridized carbons (Fsp3) is 0.636. The zero-order valence-electron chi connectivity index (χ0n) is 8.98. The molecule has 2 heterocycles. The summed E-state index contributed by atoms with van der Waals surface area (Å²) < 4.78 is 0. The molecule has 1 saturated heterocycles. The Kier molecular flexibility index (Phi) is 3.49. The van der Waals surface area contributed by atoms with Crippen molar-refractivity contribution in [1.82, 2.24) is 9.88 Å². The van der Waals surface area contributed by atoms with Crippen LogP contribution >= 0.6 is 11.3 Å². The summed E-state index contributed by atoms with van der Waals surface area (Å²) in [6.45, 7) is 5.75. The van der Waals surface area contributed by atoms with Crippen LogP contribution < -0.4 is 0 Å². The molecule has 82 valence electrons. The number of thiazole rings is 1. The van der Waals surface area contributed by atoms with E-state index >= 15 is 0 Å². The lowest BCUT2D eigenvalue weighted by Gasteiger charge is -2.11. The van der Waals surface area contributed by atoms with Crippen LogP contribution in [0.3, 0.4) is 0 Å². The predicted molar refractivity (Wildman–Crippen MR) is 61.4 cm³/mol. The van der Waals surface area contributed by atoms with Crippen LogP contribution in [0.15, 0.2) is 6.20 Å². The average molecular weight is 224 g/mol. The lowest BCUT2D eigenvalue weighted by atomic mass is 10.1. The van der Waals surface area contributed by atoms with E-state index in [1.54, 1.807) is 6.20 Å². The Morgan fingerprint density at radius 3 is 3.20 bits per heavy atom. The first kappa shape index (κ1) is 10.8. The van der Waals surface area contributed by atoms with Gasteiger partial charge in [0.05, 0.1) is 9.88 Å². The molecule has 2 rings (SSSR count). The number of likely N-dealkylation sites (tertiary alicyclic amines) is 1. The van der Waals surface area contributed by atoms with E-state index in [0.29, 0.717) is 0 Å². The molecule has 0 saturated carbocycles. The first-order valence-corrected chi connectivity index (χ1v) is 6.25. The molecule has 0 aromatic carbocycles. The Labute approximate surface area is 94.1 Å². The molecule has 1 aromatic rings. The minimum absolute atomic E-state index is 0.732. The summed E-state index contributed by atoms with van der Waals surface area (Å²) in [5, 5.41) is 1.11. The van der Waals surface area contributed by atoms with Crippen LogP contribution in [0.25, 0.3) is 0 Å². The van der Waals surface area contributed by atoms with Crippen molar-refractivity contribution in [3.8, 4) is 0 Å². The van der Waals surface area contributed by atoms with Gasteiger partial charge in [0.2, 0.25) is 0 Å². The van der Waals surface area contributed by atoms with Crippen molar-refractivity contribution < 1.29 is 4.79 Å². The van der Waals surface area contributed by atoms with Gasteiger partial charge in [-0.15, -0.1) is 11.3 Å². The first-order chi connectivity index (χ1) is 7.31. The van der Waals surface area contributed by atoms with Crippen LogP contribution in [0.5, 0.6) is 0 Å². The summed E-state index contributed by atoms with van der Waals surface area (Å²) in [7, 11) is 0. The van der Waals surface area contributed by atoms with Crippen molar-refractivity contribution in [2.24, 2.45) is 5.92 Å². The van der Waals surface area contributed by atoms with E-state index in [4.69, 9.17) is 0 Å². The molecule has 0 bridgehead atoms. The van der Waals surface area contributed by atoms with Crippen LogP contribution in [0.4, 0.5) is 0 Å². The van der Waals surface area contributed by atoms with E-state index in [2.05, 4.69) is 16.8 Å². The highest BCUT2D eigenvalue weighted by molar-refractivity contribution is 7.13. The highest BCUT2D eigenvalue weighted by Gasteiger charge is 2.22. The van der Waals surface area contributed by atoms with Crippen LogP contribution in [0.2, 0.25) is 0 Å². The molecule has 15 heavy (non-hydrogen) atoms. The Hall–Kier alpha value is -0.740. The Balaban J connectivity index is 1.89. The summed E-state index contributed by atoms with van der Waals surface area (Å²) in [5.41, 5.74) is 0. The van der Waals surface area contributed by atoms with Gasteiger partial charge in [-0.25, -0.2) is 4.98 Å². The molecule has 0 spiro atoms. The smallest absolute Gasteiger partial charge is 0.161 e. The predicted octanol–water partition coefficient (Wildman–Crippen LogP) is 1.84. The topological polar surface area (TPSA) is 33.2 Å². The summed E-state index contributed by atoms with van der Waals surface area (Å²) in [6, 6.07) is 0. The molecule has 1 unspecified atom stereocenters. The number of rotatable bonds is 4. The van der Waals surface area contributed by atoms with Gasteiger partial charge in [0.1, 0.15) is 0 Å². The average Bonchev–Trinajstić information content (AvgIpc) is 2.87. The van der Waals surface area contributed by atoms with Crippen molar-refractivity contribution in [2.75, 3.05) is 19.6 Å². The third-order valence-corrected chi connectivity index (χ3v) is 3.91. The highest BCUT2D eigenvalue weighted by atomic mass is 32.1. The van der Waals surface area contributed by atoms with E-state index in [-0.39, 0.29) is 0 Å². The molecule has 0 aliphatic carbocycles. The maximum absolute atomic E-state index is 10.5. The number of carbonyl (C=O) groups is 1. The molecule has 4 heteroatoms. The van der Waals surface area contributed by atoms with Gasteiger partial charge in [0.25, 0.3) is 0 Å². The van der Waals surface area contributed by atoms with Crippen molar-refractivity contribution in [1.29, 1.82) is 0 Å². The molecule has 1 fully saturated rings. The molecular formula is C11H16N2OS. The molecule has 0 radical (unpaired) electrons. The second-order valence-electron chi connectivity index (χ2n) is 4.03. The normalized spacial score (nSPS) is 22.1. The van der Waals surface area contributed by atoms with Gasteiger partial charge in [-0.1, -0.05) is 6.92 Å². The van der Waals surface area contributed by atoms with Crippen molar-refractivity contribution >= 4 is 17.6 Å². The number of hydrogen-bond acceptors (Lipinski definition) is 4. The molecule has 1 aliphatic heterocycles. The van der Waals surface area contributed by atoms with Gasteiger partial charge in [-0.2, -0.15) is 0 Å². The number of carbonyl (C=O) groups excluding carboxylic acids is 1. The van der Waals surface area contributed by atoms with Crippen molar-refractivity contribution in [2.45, 2.75) is 19.8 Å². The van der Waals surface area contributed by atoms with E-state index in [9.17, 15) is 4.79 Å². The minimum atomic E-state index is 0.732. The fourth-order valence-electron chi connectivity index (χ4n) is 2.09. The Morgan fingerprint density at radius 2 is 2.60 bits per heavy atom. The quantitative estimate of drug-likeness (QED) is 0.732. The zero-order chi connectivity index (χ0) is 10.7. The van der Waals surface area contributed by atoms with Gasteiger partial charge in [0, 0.05) is 19.2 Å². The summed E-state index contributed by atoms with van der Waals surface area (Å²) in [4.78, 5) is 18.0. The lowest BCUT2D eigenvalue weighted by Crippen LogP contribution is -2.20. The van der Waals surface area contributed by atoms with E-state index in [1.165, 1.54) is 30.8 Å². The molecule has 1 aromatic heterocycles. The zero-order valence-corrected chi connectivity index (χ0v) is 9.80. The van der Waals surface area contributed by atoms with Crippen LogP contribution in [-0.2, 0) is 6.42 Å². The number of hydrogen-bond donors (Lipinski definition) is 0. The Bertz CT molecular complexity index is 337. The molecule has 0 N–H and O–H groups in total. The molecule has 1 atom stereocenters. The van der Waals surface area contributed by atoms with Crippen molar-refractivity contribution in [3.63, 3.8) is 0 Å². The van der Waals surface area contributed by atoms with Crippen LogP contribution in [0.1, 0.15) is 28.0 Å². The lowest BCUT2D eigenvalue weighted by molar-refractivity contribution is 0.112. The number of aromatic nitrogens is 1.